The summed E-state index contributed by atoms with van der Waals surface area (Å²) in [5.74, 6) is 2.85. The molecule has 0 bridgehead atoms. The van der Waals surface area contributed by atoms with Gasteiger partial charge in [-0.3, -0.25) is 0 Å². The fourth-order valence-corrected chi connectivity index (χ4v) is 4.16. The van der Waals surface area contributed by atoms with Crippen molar-refractivity contribution in [1.29, 1.82) is 5.26 Å². The summed E-state index contributed by atoms with van der Waals surface area (Å²) >= 11 is 0. The Bertz CT molecular complexity index is 911. The molecule has 0 amide bonds. The maximum atomic E-state index is 10.0. The molecule has 0 saturated carbocycles. The summed E-state index contributed by atoms with van der Waals surface area (Å²) in [6, 6.07) is 16.0. The zero-order valence-electron chi connectivity index (χ0n) is 18.6. The third-order valence-electron chi connectivity index (χ3n) is 6.07. The smallest absolute Gasteiger partial charge is 0.161 e. The van der Waals surface area contributed by atoms with E-state index in [2.05, 4.69) is 6.07 Å². The number of para-hydroxylation sites is 2. The van der Waals surface area contributed by atoms with E-state index in [1.807, 2.05) is 49.4 Å². The Balaban J connectivity index is 1.58. The van der Waals surface area contributed by atoms with Crippen molar-refractivity contribution >= 4 is 0 Å². The normalized spacial score (nSPS) is 17.8. The van der Waals surface area contributed by atoms with Crippen molar-refractivity contribution in [3.63, 3.8) is 0 Å². The Kier molecular flexibility index (Phi) is 7.64. The van der Waals surface area contributed by atoms with Crippen LogP contribution in [0.25, 0.3) is 0 Å². The predicted molar refractivity (Wildman–Crippen MR) is 120 cm³/mol. The van der Waals surface area contributed by atoms with Crippen molar-refractivity contribution in [2.24, 2.45) is 5.73 Å². The first-order chi connectivity index (χ1) is 15.0. The third-order valence-corrected chi connectivity index (χ3v) is 6.07. The average molecular weight is 425 g/mol. The highest BCUT2D eigenvalue weighted by Crippen LogP contribution is 2.38. The number of hydrogen-bond donors (Lipinski definition) is 1. The lowest BCUT2D eigenvalue weighted by Gasteiger charge is -2.29. The first-order valence-corrected chi connectivity index (χ1v) is 10.8. The standard InChI is InChI=1S/C25H32N2O4/c1-4-25(17-26,18-11-12-21(28-2)24(14-18)29-3)13-7-8-19(27)15-20-16-30-22-9-5-6-10-23(22)31-20/h5-6,9-12,14,19-20H,4,7-8,13,15-16,27H2,1-3H3. The van der Waals surface area contributed by atoms with Gasteiger partial charge in [-0.1, -0.05) is 25.1 Å². The van der Waals surface area contributed by atoms with Crippen molar-refractivity contribution in [2.45, 2.75) is 56.6 Å². The molecule has 1 heterocycles. The van der Waals surface area contributed by atoms with Crippen LogP contribution in [0, 0.1) is 11.3 Å². The first-order valence-electron chi connectivity index (χ1n) is 10.8. The number of benzene rings is 2. The summed E-state index contributed by atoms with van der Waals surface area (Å²) in [4.78, 5) is 0. The van der Waals surface area contributed by atoms with Gasteiger partial charge in [-0.05, 0) is 55.5 Å². The lowest BCUT2D eigenvalue weighted by atomic mass is 9.75. The number of rotatable bonds is 10. The van der Waals surface area contributed by atoms with E-state index in [9.17, 15) is 5.26 Å². The fourth-order valence-electron chi connectivity index (χ4n) is 4.16. The molecule has 1 aliphatic heterocycles. The zero-order valence-corrected chi connectivity index (χ0v) is 18.6. The SMILES string of the molecule is CCC(C#N)(CCCC(N)CC1COc2ccccc2O1)c1ccc(OC)c(OC)c1. The molecule has 1 aliphatic rings. The van der Waals surface area contributed by atoms with Crippen LogP contribution in [-0.2, 0) is 5.41 Å². The minimum Gasteiger partial charge on any atom is -0.493 e. The van der Waals surface area contributed by atoms with Gasteiger partial charge in [-0.2, -0.15) is 5.26 Å². The molecule has 2 aromatic rings. The largest absolute Gasteiger partial charge is 0.493 e. The Morgan fingerprint density at radius 1 is 1.16 bits per heavy atom. The Hall–Kier alpha value is -2.91. The van der Waals surface area contributed by atoms with Gasteiger partial charge in [0.05, 0.1) is 25.7 Å². The molecule has 6 nitrogen and oxygen atoms in total. The molecule has 3 atom stereocenters. The van der Waals surface area contributed by atoms with E-state index in [1.165, 1.54) is 0 Å². The molecule has 3 rings (SSSR count). The zero-order chi connectivity index (χ0) is 22.3. The maximum absolute atomic E-state index is 10.0. The van der Waals surface area contributed by atoms with E-state index in [1.54, 1.807) is 14.2 Å². The lowest BCUT2D eigenvalue weighted by Crippen LogP contribution is -2.36. The number of nitrogens with two attached hydrogens (primary N) is 1. The topological polar surface area (TPSA) is 86.7 Å². The van der Waals surface area contributed by atoms with Crippen molar-refractivity contribution in [3.8, 4) is 29.1 Å². The summed E-state index contributed by atoms with van der Waals surface area (Å²) < 4.78 is 22.6. The molecular formula is C25H32N2O4. The van der Waals surface area contributed by atoms with Crippen LogP contribution in [0.2, 0.25) is 0 Å². The monoisotopic (exact) mass is 424 g/mol. The van der Waals surface area contributed by atoms with Crippen LogP contribution in [-0.4, -0.2) is 33.0 Å². The van der Waals surface area contributed by atoms with Crippen LogP contribution in [0.4, 0.5) is 0 Å². The quantitative estimate of drug-likeness (QED) is 0.600. The summed E-state index contributed by atoms with van der Waals surface area (Å²) in [7, 11) is 3.21. The van der Waals surface area contributed by atoms with Gasteiger partial charge in [0, 0.05) is 12.5 Å². The van der Waals surface area contributed by atoms with Gasteiger partial charge >= 0.3 is 0 Å². The van der Waals surface area contributed by atoms with E-state index >= 15 is 0 Å². The van der Waals surface area contributed by atoms with Crippen LogP contribution in [0.1, 0.15) is 44.6 Å². The minimum atomic E-state index is -0.581. The number of methoxy groups -OCH3 is 2. The Morgan fingerprint density at radius 3 is 2.58 bits per heavy atom. The molecule has 0 radical (unpaired) electrons. The highest BCUT2D eigenvalue weighted by atomic mass is 16.6. The van der Waals surface area contributed by atoms with Crippen molar-refractivity contribution in [2.75, 3.05) is 20.8 Å². The van der Waals surface area contributed by atoms with E-state index < -0.39 is 5.41 Å². The number of ether oxygens (including phenoxy) is 4. The molecule has 166 valence electrons. The second-order valence-electron chi connectivity index (χ2n) is 8.00. The highest BCUT2D eigenvalue weighted by molar-refractivity contribution is 5.47. The van der Waals surface area contributed by atoms with Crippen molar-refractivity contribution in [3.05, 3.63) is 48.0 Å². The summed E-state index contributed by atoms with van der Waals surface area (Å²) in [6.45, 7) is 2.55. The summed E-state index contributed by atoms with van der Waals surface area (Å²) in [5.41, 5.74) is 6.77. The van der Waals surface area contributed by atoms with Gasteiger partial charge in [0.15, 0.2) is 23.0 Å². The van der Waals surface area contributed by atoms with Gasteiger partial charge < -0.3 is 24.7 Å². The van der Waals surface area contributed by atoms with Crippen LogP contribution >= 0.6 is 0 Å². The molecule has 31 heavy (non-hydrogen) atoms. The van der Waals surface area contributed by atoms with Gasteiger partial charge in [0.1, 0.15) is 12.7 Å². The van der Waals surface area contributed by atoms with Gasteiger partial charge in [0.2, 0.25) is 0 Å². The minimum absolute atomic E-state index is 0.0162. The molecule has 0 aromatic heterocycles. The van der Waals surface area contributed by atoms with E-state index in [0.717, 1.165) is 42.7 Å². The molecular weight excluding hydrogens is 392 g/mol. The van der Waals surface area contributed by atoms with Gasteiger partial charge in [0.25, 0.3) is 0 Å². The molecule has 0 saturated heterocycles. The Morgan fingerprint density at radius 2 is 1.90 bits per heavy atom. The second-order valence-corrected chi connectivity index (χ2v) is 8.00. The number of nitriles is 1. The van der Waals surface area contributed by atoms with E-state index in [4.69, 9.17) is 24.7 Å². The van der Waals surface area contributed by atoms with E-state index in [0.29, 0.717) is 24.5 Å². The van der Waals surface area contributed by atoms with Crippen LogP contribution < -0.4 is 24.7 Å². The van der Waals surface area contributed by atoms with Gasteiger partial charge in [-0.25, -0.2) is 0 Å². The first kappa shape index (κ1) is 22.8. The fraction of sp³-hybridized carbons (Fsp3) is 0.480. The molecule has 0 spiro atoms. The van der Waals surface area contributed by atoms with Crippen LogP contribution in [0.3, 0.4) is 0 Å². The molecule has 0 fully saturated rings. The highest BCUT2D eigenvalue weighted by Gasteiger charge is 2.31. The third kappa shape index (κ3) is 5.23. The van der Waals surface area contributed by atoms with Crippen molar-refractivity contribution < 1.29 is 18.9 Å². The average Bonchev–Trinajstić information content (AvgIpc) is 2.81. The predicted octanol–water partition coefficient (Wildman–Crippen LogP) is 4.60. The molecule has 0 aliphatic carbocycles. The summed E-state index contributed by atoms with van der Waals surface area (Å²) in [5, 5.41) is 10.0. The number of fused-ring (bicyclic) bond motifs is 1. The van der Waals surface area contributed by atoms with Crippen molar-refractivity contribution in [1.82, 2.24) is 0 Å². The lowest BCUT2D eigenvalue weighted by molar-refractivity contribution is 0.0789. The summed E-state index contributed by atoms with van der Waals surface area (Å²) in [6.07, 6.45) is 3.77. The Labute approximate surface area is 184 Å². The van der Waals surface area contributed by atoms with Gasteiger partial charge in [-0.15, -0.1) is 0 Å². The van der Waals surface area contributed by atoms with Crippen LogP contribution in [0.15, 0.2) is 42.5 Å². The number of hydrogen-bond acceptors (Lipinski definition) is 6. The number of nitrogens with zero attached hydrogens (tertiary/aromatic N) is 1. The molecule has 6 heteroatoms. The maximum Gasteiger partial charge on any atom is 0.161 e. The molecule has 3 unspecified atom stereocenters. The second kappa shape index (κ2) is 10.4. The molecule has 2 N–H and O–H groups in total. The van der Waals surface area contributed by atoms with Crippen LogP contribution in [0.5, 0.6) is 23.0 Å². The van der Waals surface area contributed by atoms with E-state index in [-0.39, 0.29) is 12.1 Å². The molecule has 2 aromatic carbocycles.